The Morgan fingerprint density at radius 2 is 2.00 bits per heavy atom. The smallest absolute Gasteiger partial charge is 0.408 e. The Bertz CT molecular complexity index is 280. The summed E-state index contributed by atoms with van der Waals surface area (Å²) >= 11 is 1.86. The monoisotopic (exact) mass is 259 g/mol. The molecule has 1 fully saturated rings. The highest BCUT2D eigenvalue weighted by Crippen LogP contribution is 2.29. The van der Waals surface area contributed by atoms with Gasteiger partial charge in [-0.1, -0.05) is 0 Å². The topological polar surface area (TPSA) is 55.4 Å². The lowest BCUT2D eigenvalue weighted by molar-refractivity contribution is -0.109. The highest BCUT2D eigenvalue weighted by molar-refractivity contribution is 7.99. The normalized spacial score (nSPS) is 19.5. The van der Waals surface area contributed by atoms with Gasteiger partial charge < -0.3 is 14.8 Å². The van der Waals surface area contributed by atoms with Gasteiger partial charge in [0.05, 0.1) is 5.54 Å². The summed E-state index contributed by atoms with van der Waals surface area (Å²) in [5, 5.41) is 2.88. The first-order chi connectivity index (χ1) is 7.87. The molecular formula is C12H21NO3S. The third kappa shape index (κ3) is 4.98. The summed E-state index contributed by atoms with van der Waals surface area (Å²) in [5.41, 5.74) is -0.898. The van der Waals surface area contributed by atoms with E-state index < -0.39 is 17.2 Å². The summed E-state index contributed by atoms with van der Waals surface area (Å²) in [6, 6.07) is 0. The first kappa shape index (κ1) is 14.4. The number of carbonyl (C=O) groups excluding carboxylic acids is 2. The summed E-state index contributed by atoms with van der Waals surface area (Å²) in [4.78, 5) is 22.5. The molecular weight excluding hydrogens is 238 g/mol. The minimum Gasteiger partial charge on any atom is -0.444 e. The number of alkyl carbamates (subject to hydrolysis) is 1. The average molecular weight is 259 g/mol. The number of ether oxygens (including phenoxy) is 1. The molecule has 0 aromatic rings. The van der Waals surface area contributed by atoms with Gasteiger partial charge in [0.2, 0.25) is 0 Å². The van der Waals surface area contributed by atoms with E-state index in [0.717, 1.165) is 30.6 Å². The Balaban J connectivity index is 2.60. The molecule has 5 heteroatoms. The van der Waals surface area contributed by atoms with Crippen molar-refractivity contribution in [3.8, 4) is 0 Å². The van der Waals surface area contributed by atoms with Gasteiger partial charge in [0, 0.05) is 6.42 Å². The van der Waals surface area contributed by atoms with Crippen molar-refractivity contribution >= 4 is 24.1 Å². The van der Waals surface area contributed by atoms with Gasteiger partial charge in [-0.05, 0) is 45.1 Å². The van der Waals surface area contributed by atoms with Crippen molar-refractivity contribution < 1.29 is 14.3 Å². The lowest BCUT2D eigenvalue weighted by atomic mass is 9.89. The molecule has 1 saturated heterocycles. The van der Waals surface area contributed by atoms with Gasteiger partial charge >= 0.3 is 6.09 Å². The molecule has 1 aliphatic rings. The summed E-state index contributed by atoms with van der Waals surface area (Å²) < 4.78 is 5.24. The minimum absolute atomic E-state index is 0.368. The fourth-order valence-corrected chi connectivity index (χ4v) is 3.10. The second kappa shape index (κ2) is 5.76. The van der Waals surface area contributed by atoms with E-state index in [1.165, 1.54) is 0 Å². The standard InChI is InChI=1S/C12H21NO3S/c1-11(2,3)16-10(15)13-12(4-7-14)5-8-17-9-6-12/h7H,4-6,8-9H2,1-3H3,(H,13,15). The molecule has 0 atom stereocenters. The van der Waals surface area contributed by atoms with Gasteiger partial charge in [0.25, 0.3) is 0 Å². The number of nitrogens with one attached hydrogen (secondary N) is 1. The Morgan fingerprint density at radius 3 is 2.47 bits per heavy atom. The van der Waals surface area contributed by atoms with Crippen LogP contribution in [0.25, 0.3) is 0 Å². The second-order valence-corrected chi connectivity index (χ2v) is 6.62. The lowest BCUT2D eigenvalue weighted by Crippen LogP contribution is -2.52. The quantitative estimate of drug-likeness (QED) is 0.791. The molecule has 0 saturated carbocycles. The van der Waals surface area contributed by atoms with Gasteiger partial charge in [-0.2, -0.15) is 11.8 Å². The van der Waals surface area contributed by atoms with Crippen molar-refractivity contribution in [1.29, 1.82) is 0 Å². The van der Waals surface area contributed by atoms with Crippen molar-refractivity contribution in [1.82, 2.24) is 5.32 Å². The predicted molar refractivity (Wildman–Crippen MR) is 69.3 cm³/mol. The van der Waals surface area contributed by atoms with Crippen LogP contribution in [-0.2, 0) is 9.53 Å². The average Bonchev–Trinajstić information content (AvgIpc) is 2.15. The van der Waals surface area contributed by atoms with Crippen LogP contribution in [0.2, 0.25) is 0 Å². The Kier molecular flexibility index (Phi) is 4.86. The maximum atomic E-state index is 11.8. The van der Waals surface area contributed by atoms with Crippen LogP contribution in [0, 0.1) is 0 Å². The SMILES string of the molecule is CC(C)(C)OC(=O)NC1(CC=O)CCSCC1. The zero-order valence-corrected chi connectivity index (χ0v) is 11.6. The summed E-state index contributed by atoms with van der Waals surface area (Å²) in [7, 11) is 0. The molecule has 4 nitrogen and oxygen atoms in total. The highest BCUT2D eigenvalue weighted by Gasteiger charge is 2.34. The van der Waals surface area contributed by atoms with Crippen LogP contribution in [0.1, 0.15) is 40.0 Å². The van der Waals surface area contributed by atoms with Gasteiger partial charge in [0.15, 0.2) is 0 Å². The molecule has 1 heterocycles. The van der Waals surface area contributed by atoms with E-state index >= 15 is 0 Å². The van der Waals surface area contributed by atoms with Crippen LogP contribution in [-0.4, -0.2) is 35.0 Å². The molecule has 0 radical (unpaired) electrons. The van der Waals surface area contributed by atoms with Crippen molar-refractivity contribution in [2.75, 3.05) is 11.5 Å². The molecule has 0 aliphatic carbocycles. The minimum atomic E-state index is -0.504. The van der Waals surface area contributed by atoms with Crippen molar-refractivity contribution in [2.24, 2.45) is 0 Å². The number of aldehydes is 1. The molecule has 0 spiro atoms. The number of thioether (sulfide) groups is 1. The van der Waals surface area contributed by atoms with E-state index in [9.17, 15) is 9.59 Å². The molecule has 1 rings (SSSR count). The van der Waals surface area contributed by atoms with Gasteiger partial charge in [-0.3, -0.25) is 0 Å². The highest BCUT2D eigenvalue weighted by atomic mass is 32.2. The van der Waals surface area contributed by atoms with Crippen LogP contribution >= 0.6 is 11.8 Å². The van der Waals surface area contributed by atoms with Crippen LogP contribution < -0.4 is 5.32 Å². The summed E-state index contributed by atoms with van der Waals surface area (Å²) in [6.45, 7) is 5.49. The first-order valence-electron chi connectivity index (χ1n) is 5.89. The van der Waals surface area contributed by atoms with E-state index in [-0.39, 0.29) is 0 Å². The molecule has 0 aromatic heterocycles. The van der Waals surface area contributed by atoms with E-state index in [1.807, 2.05) is 32.5 Å². The molecule has 17 heavy (non-hydrogen) atoms. The fraction of sp³-hybridized carbons (Fsp3) is 0.833. The number of amides is 1. The summed E-state index contributed by atoms with van der Waals surface area (Å²) in [5.74, 6) is 1.95. The third-order valence-corrected chi connectivity index (χ3v) is 3.68. The summed E-state index contributed by atoms with van der Waals surface area (Å²) in [6.07, 6.45) is 2.48. The second-order valence-electron chi connectivity index (χ2n) is 5.39. The Hall–Kier alpha value is -0.710. The Labute approximate surface area is 107 Å². The maximum Gasteiger partial charge on any atom is 0.408 e. The largest absolute Gasteiger partial charge is 0.444 e. The molecule has 0 bridgehead atoms. The van der Waals surface area contributed by atoms with Gasteiger partial charge in [0.1, 0.15) is 11.9 Å². The predicted octanol–water partition coefficient (Wildman–Crippen LogP) is 2.37. The molecule has 0 aromatic carbocycles. The van der Waals surface area contributed by atoms with Crippen LogP contribution in [0.15, 0.2) is 0 Å². The van der Waals surface area contributed by atoms with Crippen molar-refractivity contribution in [3.63, 3.8) is 0 Å². The number of hydrogen-bond donors (Lipinski definition) is 1. The zero-order chi connectivity index (χ0) is 12.9. The molecule has 0 unspecified atom stereocenters. The van der Waals surface area contributed by atoms with E-state index in [2.05, 4.69) is 5.32 Å². The van der Waals surface area contributed by atoms with Crippen LogP contribution in [0.4, 0.5) is 4.79 Å². The Morgan fingerprint density at radius 1 is 1.41 bits per heavy atom. The number of rotatable bonds is 3. The van der Waals surface area contributed by atoms with E-state index in [1.54, 1.807) is 0 Å². The van der Waals surface area contributed by atoms with Gasteiger partial charge in [-0.15, -0.1) is 0 Å². The van der Waals surface area contributed by atoms with Crippen molar-refractivity contribution in [2.45, 2.75) is 51.2 Å². The van der Waals surface area contributed by atoms with Crippen LogP contribution in [0.3, 0.4) is 0 Å². The molecule has 98 valence electrons. The fourth-order valence-electron chi connectivity index (χ4n) is 1.82. The van der Waals surface area contributed by atoms with Gasteiger partial charge in [-0.25, -0.2) is 4.79 Å². The number of hydrogen-bond acceptors (Lipinski definition) is 4. The third-order valence-electron chi connectivity index (χ3n) is 2.69. The van der Waals surface area contributed by atoms with E-state index in [4.69, 9.17) is 4.74 Å². The molecule has 1 aliphatic heterocycles. The zero-order valence-electron chi connectivity index (χ0n) is 10.7. The maximum absolute atomic E-state index is 11.8. The van der Waals surface area contributed by atoms with E-state index in [0.29, 0.717) is 6.42 Å². The lowest BCUT2D eigenvalue weighted by Gasteiger charge is -2.36. The van der Waals surface area contributed by atoms with Crippen LogP contribution in [0.5, 0.6) is 0 Å². The van der Waals surface area contributed by atoms with Crippen molar-refractivity contribution in [3.05, 3.63) is 0 Å². The molecule has 1 N–H and O–H groups in total. The first-order valence-corrected chi connectivity index (χ1v) is 7.05. The number of carbonyl (C=O) groups is 2. The molecule has 1 amide bonds.